The van der Waals surface area contributed by atoms with Crippen LogP contribution in [-0.4, -0.2) is 37.9 Å². The summed E-state index contributed by atoms with van der Waals surface area (Å²) in [4.78, 5) is 25.4. The van der Waals surface area contributed by atoms with Crippen molar-refractivity contribution in [3.05, 3.63) is 36.5 Å². The maximum Gasteiger partial charge on any atom is 0.306 e. The van der Waals surface area contributed by atoms with Crippen molar-refractivity contribution in [1.82, 2.24) is 0 Å². The monoisotopic (exact) mass is 899 g/mol. The van der Waals surface area contributed by atoms with E-state index in [1.165, 1.54) is 212 Å². The van der Waals surface area contributed by atoms with Gasteiger partial charge in [0.05, 0.1) is 6.61 Å². The Morgan fingerprint density at radius 1 is 0.344 bits per heavy atom. The molecule has 0 aliphatic rings. The number of allylic oxidation sites excluding steroid dienone is 6. The zero-order valence-corrected chi connectivity index (χ0v) is 43.3. The fourth-order valence-electron chi connectivity index (χ4n) is 8.40. The summed E-state index contributed by atoms with van der Waals surface area (Å²) in [7, 11) is 0. The van der Waals surface area contributed by atoms with E-state index in [0.717, 1.165) is 57.8 Å². The van der Waals surface area contributed by atoms with E-state index >= 15 is 0 Å². The molecule has 0 spiro atoms. The van der Waals surface area contributed by atoms with Gasteiger partial charge in [0.15, 0.2) is 6.10 Å². The second kappa shape index (κ2) is 55.4. The molecule has 0 amide bonds. The molecule has 0 aliphatic carbocycles. The summed E-state index contributed by atoms with van der Waals surface area (Å²) >= 11 is 0. The molecule has 0 aromatic heterocycles. The van der Waals surface area contributed by atoms with E-state index in [1.807, 2.05) is 0 Å². The number of carbonyl (C=O) groups excluding carboxylic acids is 2. The highest BCUT2D eigenvalue weighted by atomic mass is 16.6. The van der Waals surface area contributed by atoms with Crippen molar-refractivity contribution in [1.29, 1.82) is 0 Å². The molecule has 0 rings (SSSR count). The van der Waals surface area contributed by atoms with Crippen molar-refractivity contribution >= 4 is 11.9 Å². The molecule has 1 atom stereocenters. The summed E-state index contributed by atoms with van der Waals surface area (Å²) in [6.07, 6.45) is 67.3. The summed E-state index contributed by atoms with van der Waals surface area (Å²) in [5.41, 5.74) is 0. The predicted octanol–water partition coefficient (Wildman–Crippen LogP) is 19.4. The zero-order chi connectivity index (χ0) is 46.3. The fourth-order valence-corrected chi connectivity index (χ4v) is 8.40. The SMILES string of the molecule is CCCCC/C=C\C/C=C\C/C=C\CCCCCCCCC(=O)OCC(COCCCCCCCCCCCCCCCCCCCC)OC(=O)CCCCCCCCCCCCC. The fraction of sp³-hybridized carbons (Fsp3) is 0.864. The summed E-state index contributed by atoms with van der Waals surface area (Å²) < 4.78 is 17.5. The van der Waals surface area contributed by atoms with Gasteiger partial charge < -0.3 is 14.2 Å². The Balaban J connectivity index is 4.19. The minimum Gasteiger partial charge on any atom is -0.462 e. The lowest BCUT2D eigenvalue weighted by atomic mass is 10.0. The quantitative estimate of drug-likeness (QED) is 0.0346. The van der Waals surface area contributed by atoms with E-state index in [0.29, 0.717) is 26.1 Å². The Morgan fingerprint density at radius 3 is 1.08 bits per heavy atom. The van der Waals surface area contributed by atoms with Crippen LogP contribution in [0.15, 0.2) is 36.5 Å². The lowest BCUT2D eigenvalue weighted by molar-refractivity contribution is -0.163. The number of rotatable bonds is 53. The molecule has 0 saturated carbocycles. The van der Waals surface area contributed by atoms with Crippen LogP contribution in [0.5, 0.6) is 0 Å². The Morgan fingerprint density at radius 2 is 0.656 bits per heavy atom. The normalized spacial score (nSPS) is 12.4. The zero-order valence-electron chi connectivity index (χ0n) is 43.3. The van der Waals surface area contributed by atoms with E-state index in [2.05, 4.69) is 57.2 Å². The van der Waals surface area contributed by atoms with Gasteiger partial charge in [-0.15, -0.1) is 0 Å². The molecule has 0 fully saturated rings. The van der Waals surface area contributed by atoms with Crippen LogP contribution in [0.25, 0.3) is 0 Å². The Labute approximate surface area is 400 Å². The molecule has 376 valence electrons. The van der Waals surface area contributed by atoms with Crippen molar-refractivity contribution in [3.8, 4) is 0 Å². The van der Waals surface area contributed by atoms with Crippen molar-refractivity contribution in [2.75, 3.05) is 19.8 Å². The van der Waals surface area contributed by atoms with E-state index < -0.39 is 6.10 Å². The number of ether oxygens (including phenoxy) is 3. The van der Waals surface area contributed by atoms with Crippen LogP contribution >= 0.6 is 0 Å². The molecule has 0 aromatic carbocycles. The molecular weight excluding hydrogens is 789 g/mol. The molecule has 64 heavy (non-hydrogen) atoms. The summed E-state index contributed by atoms with van der Waals surface area (Å²) in [6.45, 7) is 7.84. The van der Waals surface area contributed by atoms with Crippen LogP contribution in [0.2, 0.25) is 0 Å². The molecule has 0 aromatic rings. The highest BCUT2D eigenvalue weighted by Crippen LogP contribution is 2.16. The predicted molar refractivity (Wildman–Crippen MR) is 279 cm³/mol. The molecule has 0 heterocycles. The Bertz CT molecular complexity index is 1020. The molecule has 5 heteroatoms. The lowest BCUT2D eigenvalue weighted by Crippen LogP contribution is -2.30. The molecule has 1 unspecified atom stereocenters. The molecular formula is C59H110O5. The van der Waals surface area contributed by atoms with Crippen LogP contribution in [0.3, 0.4) is 0 Å². The van der Waals surface area contributed by atoms with Crippen LogP contribution in [0.1, 0.15) is 303 Å². The van der Waals surface area contributed by atoms with Gasteiger partial charge in [-0.25, -0.2) is 0 Å². The van der Waals surface area contributed by atoms with Gasteiger partial charge in [0.2, 0.25) is 0 Å². The first-order chi connectivity index (χ1) is 31.6. The minimum atomic E-state index is -0.535. The maximum absolute atomic E-state index is 12.8. The van der Waals surface area contributed by atoms with E-state index in [-0.39, 0.29) is 18.5 Å². The van der Waals surface area contributed by atoms with Crippen LogP contribution < -0.4 is 0 Å². The third kappa shape index (κ3) is 52.7. The van der Waals surface area contributed by atoms with Crippen LogP contribution in [-0.2, 0) is 23.8 Å². The summed E-state index contributed by atoms with van der Waals surface area (Å²) in [5, 5.41) is 0. The van der Waals surface area contributed by atoms with Gasteiger partial charge in [-0.1, -0.05) is 269 Å². The van der Waals surface area contributed by atoms with Gasteiger partial charge >= 0.3 is 11.9 Å². The molecule has 0 N–H and O–H groups in total. The number of carbonyl (C=O) groups is 2. The van der Waals surface area contributed by atoms with Gasteiger partial charge in [-0.05, 0) is 57.8 Å². The van der Waals surface area contributed by atoms with Crippen LogP contribution in [0.4, 0.5) is 0 Å². The second-order valence-electron chi connectivity index (χ2n) is 19.2. The van der Waals surface area contributed by atoms with E-state index in [9.17, 15) is 9.59 Å². The molecule has 0 bridgehead atoms. The smallest absolute Gasteiger partial charge is 0.306 e. The highest BCUT2D eigenvalue weighted by Gasteiger charge is 2.17. The highest BCUT2D eigenvalue weighted by molar-refractivity contribution is 5.70. The van der Waals surface area contributed by atoms with Gasteiger partial charge in [0.25, 0.3) is 0 Å². The molecule has 0 aliphatic heterocycles. The third-order valence-electron chi connectivity index (χ3n) is 12.7. The summed E-state index contributed by atoms with van der Waals surface area (Å²) in [6, 6.07) is 0. The van der Waals surface area contributed by atoms with Crippen LogP contribution in [0, 0.1) is 0 Å². The third-order valence-corrected chi connectivity index (χ3v) is 12.7. The molecule has 5 nitrogen and oxygen atoms in total. The van der Waals surface area contributed by atoms with Crippen molar-refractivity contribution in [2.45, 2.75) is 309 Å². The van der Waals surface area contributed by atoms with Gasteiger partial charge in [-0.2, -0.15) is 0 Å². The number of hydrogen-bond acceptors (Lipinski definition) is 5. The van der Waals surface area contributed by atoms with E-state index in [1.54, 1.807) is 0 Å². The topological polar surface area (TPSA) is 61.8 Å². The molecule has 0 saturated heterocycles. The van der Waals surface area contributed by atoms with Gasteiger partial charge in [0.1, 0.15) is 6.61 Å². The summed E-state index contributed by atoms with van der Waals surface area (Å²) in [5.74, 6) is -0.394. The Kier molecular flexibility index (Phi) is 53.8. The average molecular weight is 900 g/mol. The first kappa shape index (κ1) is 62.1. The first-order valence-corrected chi connectivity index (χ1v) is 28.5. The van der Waals surface area contributed by atoms with Gasteiger partial charge in [-0.3, -0.25) is 9.59 Å². The largest absolute Gasteiger partial charge is 0.462 e. The van der Waals surface area contributed by atoms with Crippen molar-refractivity contribution in [2.24, 2.45) is 0 Å². The maximum atomic E-state index is 12.8. The first-order valence-electron chi connectivity index (χ1n) is 28.5. The Hall–Kier alpha value is -1.88. The van der Waals surface area contributed by atoms with Gasteiger partial charge in [0, 0.05) is 19.4 Å². The number of hydrogen-bond donors (Lipinski definition) is 0. The average Bonchev–Trinajstić information content (AvgIpc) is 3.30. The van der Waals surface area contributed by atoms with Crippen molar-refractivity contribution < 1.29 is 23.8 Å². The number of esters is 2. The minimum absolute atomic E-state index is 0.0848. The number of unbranched alkanes of at least 4 members (excludes halogenated alkanes) is 36. The lowest BCUT2D eigenvalue weighted by Gasteiger charge is -2.18. The molecule has 0 radical (unpaired) electrons. The standard InChI is InChI=1S/C59H110O5/c1-4-7-10-13-16-19-22-24-26-28-30-31-33-35-38-40-43-46-49-52-58(60)63-56-57(64-59(61)53-50-47-44-41-37-21-18-15-12-9-6-3)55-62-54-51-48-45-42-39-36-34-32-29-27-25-23-20-17-14-11-8-5-2/h16,19,24,26,30-31,57H,4-15,17-18,20-23,25,27-29,32-56H2,1-3H3/b19-16-,26-24-,31-30-. The van der Waals surface area contributed by atoms with E-state index in [4.69, 9.17) is 14.2 Å². The van der Waals surface area contributed by atoms with Crippen molar-refractivity contribution in [3.63, 3.8) is 0 Å². The second-order valence-corrected chi connectivity index (χ2v) is 19.2.